The van der Waals surface area contributed by atoms with E-state index in [4.69, 9.17) is 14.6 Å². The first kappa shape index (κ1) is 25.2. The average Bonchev–Trinajstić information content (AvgIpc) is 2.79. The molecule has 2 aromatic carbocycles. The zero-order chi connectivity index (χ0) is 22.0. The quantitative estimate of drug-likeness (QED) is 0.453. The number of aliphatic hydroxyl groups excluding tert-OH is 1. The highest BCUT2D eigenvalue weighted by atomic mass is 16.5. The fraction of sp³-hybridized carbons (Fsp3) is 0.346. The molecule has 2 rings (SSSR count). The molecule has 0 atom stereocenters. The number of benzene rings is 2. The number of hydrogen-bond acceptors (Lipinski definition) is 4. The highest BCUT2D eigenvalue weighted by Crippen LogP contribution is 2.15. The zero-order valence-electron chi connectivity index (χ0n) is 18.0. The van der Waals surface area contributed by atoms with E-state index in [1.807, 2.05) is 36.4 Å². The van der Waals surface area contributed by atoms with Crippen LogP contribution in [0.4, 0.5) is 0 Å². The van der Waals surface area contributed by atoms with Crippen LogP contribution in [0.3, 0.4) is 0 Å². The topological polar surface area (TPSA) is 55.8 Å². The van der Waals surface area contributed by atoms with Gasteiger partial charge in [0.2, 0.25) is 0 Å². The van der Waals surface area contributed by atoms with Gasteiger partial charge in [-0.15, -0.1) is 0 Å². The summed E-state index contributed by atoms with van der Waals surface area (Å²) in [6.07, 6.45) is 8.05. The van der Waals surface area contributed by atoms with Crippen LogP contribution in [0, 0.1) is 0 Å². The van der Waals surface area contributed by atoms with Gasteiger partial charge in [0, 0.05) is 6.42 Å². The molecule has 0 aromatic heterocycles. The summed E-state index contributed by atoms with van der Waals surface area (Å²) in [6.45, 7) is 10.1. The van der Waals surface area contributed by atoms with Crippen LogP contribution >= 0.6 is 0 Å². The van der Waals surface area contributed by atoms with Gasteiger partial charge >= 0.3 is 0 Å². The fourth-order valence-electron chi connectivity index (χ4n) is 2.64. The molecule has 2 aromatic rings. The Morgan fingerprint density at radius 1 is 0.933 bits per heavy atom. The summed E-state index contributed by atoms with van der Waals surface area (Å²) < 4.78 is 10.8. The van der Waals surface area contributed by atoms with E-state index in [1.165, 1.54) is 18.4 Å². The highest BCUT2D eigenvalue weighted by Gasteiger charge is 2.02. The number of carbonyl (C=O) groups is 1. The summed E-state index contributed by atoms with van der Waals surface area (Å²) in [5, 5.41) is 8.60. The van der Waals surface area contributed by atoms with Crippen LogP contribution in [0.5, 0.6) is 11.5 Å². The fourth-order valence-corrected chi connectivity index (χ4v) is 2.64. The van der Waals surface area contributed by atoms with Gasteiger partial charge in [-0.2, -0.15) is 0 Å². The van der Waals surface area contributed by atoms with Crippen molar-refractivity contribution in [2.75, 3.05) is 19.8 Å². The van der Waals surface area contributed by atoms with Crippen molar-refractivity contribution in [2.24, 2.45) is 0 Å². The van der Waals surface area contributed by atoms with Crippen molar-refractivity contribution in [1.29, 1.82) is 0 Å². The summed E-state index contributed by atoms with van der Waals surface area (Å²) >= 11 is 0. The second kappa shape index (κ2) is 16.0. The van der Waals surface area contributed by atoms with Crippen LogP contribution in [-0.2, 0) is 17.6 Å². The lowest BCUT2D eigenvalue weighted by Gasteiger charge is -2.05. The first-order chi connectivity index (χ1) is 14.6. The van der Waals surface area contributed by atoms with Gasteiger partial charge in [-0.3, -0.25) is 4.79 Å². The number of carbonyl (C=O) groups excluding carboxylic acids is 1. The molecule has 4 heteroatoms. The van der Waals surface area contributed by atoms with E-state index < -0.39 is 0 Å². The van der Waals surface area contributed by atoms with Crippen LogP contribution in [0.25, 0.3) is 0 Å². The summed E-state index contributed by atoms with van der Waals surface area (Å²) in [6, 6.07) is 15.9. The summed E-state index contributed by atoms with van der Waals surface area (Å²) in [4.78, 5) is 10.9. The molecule has 162 valence electrons. The highest BCUT2D eigenvalue weighted by molar-refractivity contribution is 5.79. The van der Waals surface area contributed by atoms with Crippen LogP contribution in [-0.4, -0.2) is 30.7 Å². The molecule has 0 unspecified atom stereocenters. The second-order valence-electron chi connectivity index (χ2n) is 6.79. The Morgan fingerprint density at radius 2 is 1.47 bits per heavy atom. The number of aryl methyl sites for hydroxylation is 2. The number of ketones is 1. The zero-order valence-corrected chi connectivity index (χ0v) is 18.0. The minimum atomic E-state index is -0.382. The molecule has 0 aliphatic rings. The van der Waals surface area contributed by atoms with Crippen molar-refractivity contribution in [3.63, 3.8) is 0 Å². The van der Waals surface area contributed by atoms with E-state index in [9.17, 15) is 4.79 Å². The molecule has 4 nitrogen and oxygen atoms in total. The minimum Gasteiger partial charge on any atom is -0.490 e. The van der Waals surface area contributed by atoms with Gasteiger partial charge < -0.3 is 14.6 Å². The van der Waals surface area contributed by atoms with E-state index in [1.54, 1.807) is 12.2 Å². The molecule has 30 heavy (non-hydrogen) atoms. The molecular weight excluding hydrogens is 376 g/mol. The SMILES string of the molecule is C=CCOc1cccc(CCC(=O)CO)c1.C=CCOc1cccc(CCCC)c1. The molecule has 0 amide bonds. The molecule has 0 aliphatic heterocycles. The Morgan fingerprint density at radius 3 is 1.93 bits per heavy atom. The van der Waals surface area contributed by atoms with Crippen LogP contribution in [0.1, 0.15) is 37.3 Å². The number of ether oxygens (including phenoxy) is 2. The lowest BCUT2D eigenvalue weighted by atomic mass is 10.1. The normalized spacial score (nSPS) is 9.80. The first-order valence-electron chi connectivity index (χ1n) is 10.4. The predicted molar refractivity (Wildman–Crippen MR) is 123 cm³/mol. The molecule has 0 saturated heterocycles. The van der Waals surface area contributed by atoms with Crippen molar-refractivity contribution in [3.8, 4) is 11.5 Å². The van der Waals surface area contributed by atoms with Gasteiger partial charge in [0.25, 0.3) is 0 Å². The smallest absolute Gasteiger partial charge is 0.158 e. The molecule has 0 aliphatic carbocycles. The van der Waals surface area contributed by atoms with Crippen LogP contribution < -0.4 is 9.47 Å². The number of Topliss-reactive ketones (excluding diaryl/α,β-unsaturated/α-hetero) is 1. The van der Waals surface area contributed by atoms with Crippen LogP contribution in [0.15, 0.2) is 73.8 Å². The van der Waals surface area contributed by atoms with Crippen molar-refractivity contribution >= 4 is 5.78 Å². The van der Waals surface area contributed by atoms with Gasteiger partial charge in [-0.1, -0.05) is 62.9 Å². The molecule has 0 fully saturated rings. The third kappa shape index (κ3) is 11.2. The average molecular weight is 411 g/mol. The van der Waals surface area contributed by atoms with E-state index in [2.05, 4.69) is 32.2 Å². The number of rotatable bonds is 13. The van der Waals surface area contributed by atoms with Gasteiger partial charge in [0.05, 0.1) is 0 Å². The van der Waals surface area contributed by atoms with Crippen molar-refractivity contribution in [3.05, 3.63) is 85.0 Å². The summed E-state index contributed by atoms with van der Waals surface area (Å²) in [5.74, 6) is 1.57. The second-order valence-corrected chi connectivity index (χ2v) is 6.79. The van der Waals surface area contributed by atoms with E-state index >= 15 is 0 Å². The number of aliphatic hydroxyl groups is 1. The Bertz CT molecular complexity index is 767. The Hall–Kier alpha value is -2.85. The molecule has 0 saturated carbocycles. The summed E-state index contributed by atoms with van der Waals surface area (Å²) in [5.41, 5.74) is 2.39. The maximum Gasteiger partial charge on any atom is 0.158 e. The Balaban J connectivity index is 0.000000303. The Kier molecular flexibility index (Phi) is 13.4. The molecule has 1 N–H and O–H groups in total. The third-order valence-corrected chi connectivity index (χ3v) is 4.22. The van der Waals surface area contributed by atoms with Crippen molar-refractivity contribution < 1.29 is 19.4 Å². The first-order valence-corrected chi connectivity index (χ1v) is 10.4. The van der Waals surface area contributed by atoms with Gasteiger partial charge in [-0.05, 0) is 54.7 Å². The molecule has 0 bridgehead atoms. The number of hydrogen-bond donors (Lipinski definition) is 1. The third-order valence-electron chi connectivity index (χ3n) is 4.22. The Labute approximate surface area is 180 Å². The predicted octanol–water partition coefficient (Wildman–Crippen LogP) is 5.34. The monoisotopic (exact) mass is 410 g/mol. The van der Waals surface area contributed by atoms with Gasteiger partial charge in [-0.25, -0.2) is 0 Å². The van der Waals surface area contributed by atoms with Gasteiger partial charge in [0.1, 0.15) is 31.3 Å². The minimum absolute atomic E-state index is 0.141. The van der Waals surface area contributed by atoms with Crippen molar-refractivity contribution in [1.82, 2.24) is 0 Å². The summed E-state index contributed by atoms with van der Waals surface area (Å²) in [7, 11) is 0. The lowest BCUT2D eigenvalue weighted by molar-refractivity contribution is -0.121. The maximum atomic E-state index is 10.9. The van der Waals surface area contributed by atoms with Crippen molar-refractivity contribution in [2.45, 2.75) is 39.0 Å². The maximum absolute atomic E-state index is 10.9. The largest absolute Gasteiger partial charge is 0.490 e. The van der Waals surface area contributed by atoms with Gasteiger partial charge in [0.15, 0.2) is 5.78 Å². The molecular formula is C26H34O4. The van der Waals surface area contributed by atoms with E-state index in [0.717, 1.165) is 23.5 Å². The number of unbranched alkanes of at least 4 members (excludes halogenated alkanes) is 1. The lowest BCUT2D eigenvalue weighted by Crippen LogP contribution is -2.04. The van der Waals surface area contributed by atoms with Crippen LogP contribution in [0.2, 0.25) is 0 Å². The standard InChI is InChI=1S/C13H16O3.C13H18O/c1-2-8-16-13-5-3-4-11(9-13)6-7-12(15)10-14;1-3-5-7-12-8-6-9-13(11-12)14-10-4-2/h2-5,9,14H,1,6-8,10H2;4,6,8-9,11H,2-3,5,7,10H2,1H3. The molecule has 0 spiro atoms. The molecule has 0 radical (unpaired) electrons. The van der Waals surface area contributed by atoms with E-state index in [0.29, 0.717) is 26.1 Å². The molecule has 0 heterocycles. The van der Waals surface area contributed by atoms with E-state index in [-0.39, 0.29) is 12.4 Å².